The van der Waals surface area contributed by atoms with E-state index in [9.17, 15) is 4.79 Å². The fraction of sp³-hybridized carbons (Fsp3) is 0.480. The normalized spacial score (nSPS) is 31.8. The van der Waals surface area contributed by atoms with Crippen LogP contribution in [0.2, 0.25) is 0 Å². The van der Waals surface area contributed by atoms with Crippen LogP contribution in [0.4, 0.5) is 0 Å². The van der Waals surface area contributed by atoms with Gasteiger partial charge in [0.2, 0.25) is 0 Å². The Hall–Kier alpha value is -2.29. The molecular formula is C25H30O3. The fourth-order valence-corrected chi connectivity index (χ4v) is 6.31. The molecule has 1 aromatic rings. The molecule has 148 valence electrons. The highest BCUT2D eigenvalue weighted by molar-refractivity contribution is 5.80. The van der Waals surface area contributed by atoms with Gasteiger partial charge in [-0.1, -0.05) is 30.4 Å². The van der Waals surface area contributed by atoms with Crippen molar-refractivity contribution in [3.63, 3.8) is 0 Å². The van der Waals surface area contributed by atoms with Gasteiger partial charge >= 0.3 is 5.97 Å². The molecule has 1 aromatic carbocycles. The summed E-state index contributed by atoms with van der Waals surface area (Å²) >= 11 is 0. The van der Waals surface area contributed by atoms with Gasteiger partial charge in [-0.2, -0.15) is 0 Å². The Kier molecular flexibility index (Phi) is 5.18. The first-order valence-electron chi connectivity index (χ1n) is 10.4. The predicted octanol–water partition coefficient (Wildman–Crippen LogP) is 5.76. The number of allylic oxidation sites excluding steroid dienone is 5. The summed E-state index contributed by atoms with van der Waals surface area (Å²) < 4.78 is 5.81. The Morgan fingerprint density at radius 1 is 1.07 bits per heavy atom. The number of benzene rings is 1. The lowest BCUT2D eigenvalue weighted by atomic mass is 9.48. The molecule has 4 fully saturated rings. The zero-order valence-corrected chi connectivity index (χ0v) is 16.9. The number of carboxylic acids is 1. The highest BCUT2D eigenvalue weighted by Gasteiger charge is 2.52. The fourth-order valence-electron chi connectivity index (χ4n) is 6.31. The lowest BCUT2D eigenvalue weighted by molar-refractivity contribution is -0.131. The predicted molar refractivity (Wildman–Crippen MR) is 112 cm³/mol. The molecule has 0 atom stereocenters. The van der Waals surface area contributed by atoms with Crippen LogP contribution < -0.4 is 4.74 Å². The van der Waals surface area contributed by atoms with Crippen molar-refractivity contribution in [1.82, 2.24) is 0 Å². The second kappa shape index (κ2) is 7.62. The molecule has 0 spiro atoms. The van der Waals surface area contributed by atoms with Crippen LogP contribution in [0.1, 0.15) is 56.6 Å². The molecule has 5 rings (SSSR count). The van der Waals surface area contributed by atoms with Crippen LogP contribution in [-0.2, 0) is 10.2 Å². The Labute approximate surface area is 167 Å². The van der Waals surface area contributed by atoms with Gasteiger partial charge in [0.05, 0.1) is 7.11 Å². The minimum absolute atomic E-state index is 0.302. The molecule has 0 saturated heterocycles. The van der Waals surface area contributed by atoms with Gasteiger partial charge in [0, 0.05) is 11.6 Å². The minimum Gasteiger partial charge on any atom is -0.496 e. The maximum Gasteiger partial charge on any atom is 0.328 e. The maximum atomic E-state index is 10.5. The summed E-state index contributed by atoms with van der Waals surface area (Å²) in [4.78, 5) is 10.5. The summed E-state index contributed by atoms with van der Waals surface area (Å²) in [7, 11) is 1.79. The number of ether oxygens (including phenoxy) is 1. The number of carbonyl (C=O) groups is 1. The van der Waals surface area contributed by atoms with E-state index in [-0.39, 0.29) is 0 Å². The van der Waals surface area contributed by atoms with Gasteiger partial charge in [-0.15, -0.1) is 0 Å². The Morgan fingerprint density at radius 3 is 2.29 bits per heavy atom. The number of hydrogen-bond acceptors (Lipinski definition) is 2. The molecule has 1 N–H and O–H groups in total. The van der Waals surface area contributed by atoms with E-state index in [4.69, 9.17) is 9.84 Å². The van der Waals surface area contributed by atoms with Crippen molar-refractivity contribution in [3.05, 3.63) is 59.7 Å². The summed E-state index contributed by atoms with van der Waals surface area (Å²) in [6.45, 7) is 2.11. The van der Waals surface area contributed by atoms with E-state index in [1.54, 1.807) is 19.3 Å². The molecule has 0 unspecified atom stereocenters. The van der Waals surface area contributed by atoms with E-state index >= 15 is 0 Å². The monoisotopic (exact) mass is 378 g/mol. The summed E-state index contributed by atoms with van der Waals surface area (Å²) in [5.74, 6) is 2.82. The largest absolute Gasteiger partial charge is 0.496 e. The van der Waals surface area contributed by atoms with E-state index in [2.05, 4.69) is 25.1 Å². The van der Waals surface area contributed by atoms with Crippen LogP contribution in [0.15, 0.2) is 48.6 Å². The van der Waals surface area contributed by atoms with E-state index in [0.717, 1.165) is 29.6 Å². The van der Waals surface area contributed by atoms with E-state index in [1.165, 1.54) is 55.2 Å². The smallest absolute Gasteiger partial charge is 0.328 e. The SMILES string of the molecule is COc1ccc(C(C)=CC=CC=CC(=O)O)cc1C12CC3CC(CC(C3)C1)C2. The molecule has 0 radical (unpaired) electrons. The third-order valence-corrected chi connectivity index (χ3v) is 7.07. The second-order valence-electron chi connectivity index (χ2n) is 9.04. The van der Waals surface area contributed by atoms with Gasteiger partial charge in [-0.3, -0.25) is 0 Å². The third-order valence-electron chi connectivity index (χ3n) is 7.07. The van der Waals surface area contributed by atoms with Crippen molar-refractivity contribution in [2.75, 3.05) is 7.11 Å². The summed E-state index contributed by atoms with van der Waals surface area (Å²) in [6, 6.07) is 6.63. The van der Waals surface area contributed by atoms with Crippen LogP contribution in [0, 0.1) is 17.8 Å². The molecule has 4 aliphatic rings. The standard InChI is InChI=1S/C25H30O3/c1-17(6-4-3-5-7-24(26)27)21-8-9-23(28-2)22(13-21)25-14-18-10-19(15-25)12-20(11-18)16-25/h3-9,13,18-20H,10-12,14-16H2,1-2H3,(H,26,27). The highest BCUT2D eigenvalue weighted by Crippen LogP contribution is 2.62. The van der Waals surface area contributed by atoms with Gasteiger partial charge < -0.3 is 9.84 Å². The third kappa shape index (κ3) is 3.67. The number of aliphatic carboxylic acids is 1. The van der Waals surface area contributed by atoms with Crippen LogP contribution in [0.5, 0.6) is 5.75 Å². The van der Waals surface area contributed by atoms with Crippen LogP contribution in [-0.4, -0.2) is 18.2 Å². The molecule has 4 saturated carbocycles. The zero-order valence-electron chi connectivity index (χ0n) is 16.9. The van der Waals surface area contributed by atoms with E-state index in [0.29, 0.717) is 5.41 Å². The van der Waals surface area contributed by atoms with Crippen LogP contribution in [0.25, 0.3) is 5.57 Å². The van der Waals surface area contributed by atoms with Gasteiger partial charge in [0.1, 0.15) is 5.75 Å². The molecule has 3 heteroatoms. The molecule has 0 aromatic heterocycles. The number of carboxylic acid groups (broad SMARTS) is 1. The average molecular weight is 379 g/mol. The number of rotatable bonds is 6. The first kappa shape index (κ1) is 19.0. The highest BCUT2D eigenvalue weighted by atomic mass is 16.5. The molecular weight excluding hydrogens is 348 g/mol. The van der Waals surface area contributed by atoms with Crippen molar-refractivity contribution in [1.29, 1.82) is 0 Å². The molecule has 28 heavy (non-hydrogen) atoms. The number of hydrogen-bond donors (Lipinski definition) is 1. The Morgan fingerprint density at radius 2 is 1.71 bits per heavy atom. The molecule has 0 aliphatic heterocycles. The van der Waals surface area contributed by atoms with E-state index in [1.807, 2.05) is 12.2 Å². The van der Waals surface area contributed by atoms with Crippen molar-refractivity contribution in [2.45, 2.75) is 50.9 Å². The zero-order chi connectivity index (χ0) is 19.7. The lowest BCUT2D eigenvalue weighted by Gasteiger charge is -2.57. The Balaban J connectivity index is 1.63. The minimum atomic E-state index is -0.930. The molecule has 0 heterocycles. The molecule has 4 aliphatic carbocycles. The van der Waals surface area contributed by atoms with Crippen molar-refractivity contribution in [3.8, 4) is 5.75 Å². The van der Waals surface area contributed by atoms with Crippen LogP contribution >= 0.6 is 0 Å². The second-order valence-corrected chi connectivity index (χ2v) is 9.04. The quantitative estimate of drug-likeness (QED) is 0.505. The Bertz CT molecular complexity index is 808. The number of methoxy groups -OCH3 is 1. The van der Waals surface area contributed by atoms with Gasteiger partial charge in [0.25, 0.3) is 0 Å². The molecule has 4 bridgehead atoms. The topological polar surface area (TPSA) is 46.5 Å². The van der Waals surface area contributed by atoms with Gasteiger partial charge in [-0.05, 0) is 91.9 Å². The first-order valence-corrected chi connectivity index (χ1v) is 10.4. The molecule has 3 nitrogen and oxygen atoms in total. The van der Waals surface area contributed by atoms with Gasteiger partial charge in [-0.25, -0.2) is 4.79 Å². The molecule has 0 amide bonds. The first-order chi connectivity index (χ1) is 13.5. The van der Waals surface area contributed by atoms with Gasteiger partial charge in [0.15, 0.2) is 0 Å². The van der Waals surface area contributed by atoms with Crippen molar-refractivity contribution < 1.29 is 14.6 Å². The summed E-state index contributed by atoms with van der Waals surface area (Å²) in [5.41, 5.74) is 4.11. The lowest BCUT2D eigenvalue weighted by Crippen LogP contribution is -2.48. The average Bonchev–Trinajstić information content (AvgIpc) is 2.65. The maximum absolute atomic E-state index is 10.5. The summed E-state index contributed by atoms with van der Waals surface area (Å²) in [5, 5.41) is 8.65. The summed E-state index contributed by atoms with van der Waals surface area (Å²) in [6.07, 6.45) is 16.6. The van der Waals surface area contributed by atoms with Crippen molar-refractivity contribution >= 4 is 11.5 Å². The van der Waals surface area contributed by atoms with Crippen molar-refractivity contribution in [2.24, 2.45) is 17.8 Å². The van der Waals surface area contributed by atoms with E-state index < -0.39 is 5.97 Å². The van der Waals surface area contributed by atoms with Crippen LogP contribution in [0.3, 0.4) is 0 Å².